The van der Waals surface area contributed by atoms with Gasteiger partial charge < -0.3 is 10.0 Å². The van der Waals surface area contributed by atoms with Crippen molar-refractivity contribution in [3.63, 3.8) is 0 Å². The van der Waals surface area contributed by atoms with E-state index in [1.807, 2.05) is 17.9 Å². The second-order valence-corrected chi connectivity index (χ2v) is 6.33. The third-order valence-electron chi connectivity index (χ3n) is 4.02. The number of piperazine rings is 1. The lowest BCUT2D eigenvalue weighted by atomic mass is 10.1. The summed E-state index contributed by atoms with van der Waals surface area (Å²) >= 11 is 0. The van der Waals surface area contributed by atoms with Crippen LogP contribution < -0.4 is 0 Å². The Morgan fingerprint density at radius 1 is 1.36 bits per heavy atom. The number of nitrogens with zero attached hydrogens (tertiary/aromatic N) is 2. The molecule has 0 bridgehead atoms. The van der Waals surface area contributed by atoms with Gasteiger partial charge in [0.1, 0.15) is 0 Å². The van der Waals surface area contributed by atoms with Crippen LogP contribution >= 0.6 is 0 Å². The van der Waals surface area contributed by atoms with E-state index in [1.165, 1.54) is 0 Å². The lowest BCUT2D eigenvalue weighted by molar-refractivity contribution is -0.141. The summed E-state index contributed by atoms with van der Waals surface area (Å²) in [6, 6.07) is 6.76. The Labute approximate surface area is 131 Å². The fourth-order valence-corrected chi connectivity index (χ4v) is 2.85. The van der Waals surface area contributed by atoms with E-state index < -0.39 is 5.97 Å². The molecular formula is C17H24N2O3. The van der Waals surface area contributed by atoms with Gasteiger partial charge in [0.05, 0.1) is 11.6 Å². The number of aromatic carboxylic acids is 1. The molecule has 1 aromatic rings. The van der Waals surface area contributed by atoms with Crippen molar-refractivity contribution in [1.29, 1.82) is 0 Å². The molecule has 1 unspecified atom stereocenters. The number of amides is 1. The summed E-state index contributed by atoms with van der Waals surface area (Å²) in [6.07, 6.45) is 0. The quantitative estimate of drug-likeness (QED) is 0.904. The number of carboxylic acids is 1. The van der Waals surface area contributed by atoms with E-state index in [9.17, 15) is 9.59 Å². The van der Waals surface area contributed by atoms with Gasteiger partial charge in [0.15, 0.2) is 0 Å². The lowest BCUT2D eigenvalue weighted by Crippen LogP contribution is -2.56. The van der Waals surface area contributed by atoms with Gasteiger partial charge in [-0.15, -0.1) is 0 Å². The summed E-state index contributed by atoms with van der Waals surface area (Å²) in [4.78, 5) is 27.5. The smallest absolute Gasteiger partial charge is 0.335 e. The van der Waals surface area contributed by atoms with Crippen molar-refractivity contribution < 1.29 is 14.7 Å². The number of carboxylic acid groups (broad SMARTS) is 1. The molecule has 5 nitrogen and oxygen atoms in total. The largest absolute Gasteiger partial charge is 0.478 e. The molecule has 1 N–H and O–H groups in total. The number of carbonyl (C=O) groups is 2. The molecule has 1 aliphatic rings. The van der Waals surface area contributed by atoms with Crippen LogP contribution in [0.2, 0.25) is 0 Å². The van der Waals surface area contributed by atoms with Crippen LogP contribution in [0, 0.1) is 5.92 Å². The van der Waals surface area contributed by atoms with Gasteiger partial charge in [0.25, 0.3) is 0 Å². The zero-order valence-electron chi connectivity index (χ0n) is 13.5. The number of carbonyl (C=O) groups excluding carboxylic acids is 1. The second-order valence-electron chi connectivity index (χ2n) is 6.33. The van der Waals surface area contributed by atoms with Crippen molar-refractivity contribution >= 4 is 11.9 Å². The van der Waals surface area contributed by atoms with E-state index in [0.717, 1.165) is 25.2 Å². The Morgan fingerprint density at radius 3 is 2.73 bits per heavy atom. The SMILES string of the molecule is CC(C)CN1CCN(Cc2cccc(C(=O)O)c2)C(C)C1=O. The fourth-order valence-electron chi connectivity index (χ4n) is 2.85. The standard InChI is InChI=1S/C17H24N2O3/c1-12(2)10-19-8-7-18(13(3)16(19)20)11-14-5-4-6-15(9-14)17(21)22/h4-6,9,12-13H,7-8,10-11H2,1-3H3,(H,21,22). The highest BCUT2D eigenvalue weighted by molar-refractivity contribution is 5.87. The number of benzene rings is 1. The predicted molar refractivity (Wildman–Crippen MR) is 84.7 cm³/mol. The normalized spacial score (nSPS) is 19.7. The highest BCUT2D eigenvalue weighted by Crippen LogP contribution is 2.17. The lowest BCUT2D eigenvalue weighted by Gasteiger charge is -2.39. The molecule has 0 radical (unpaired) electrons. The van der Waals surface area contributed by atoms with Crippen molar-refractivity contribution in [3.05, 3.63) is 35.4 Å². The van der Waals surface area contributed by atoms with E-state index >= 15 is 0 Å². The monoisotopic (exact) mass is 304 g/mol. The van der Waals surface area contributed by atoms with Gasteiger partial charge in [0, 0.05) is 26.2 Å². The Balaban J connectivity index is 2.04. The highest BCUT2D eigenvalue weighted by atomic mass is 16.4. The van der Waals surface area contributed by atoms with Crippen molar-refractivity contribution in [2.24, 2.45) is 5.92 Å². The van der Waals surface area contributed by atoms with Crippen LogP contribution in [0.1, 0.15) is 36.7 Å². The van der Waals surface area contributed by atoms with Crippen LogP contribution in [-0.2, 0) is 11.3 Å². The molecule has 5 heteroatoms. The third kappa shape index (κ3) is 3.85. The van der Waals surface area contributed by atoms with Crippen LogP contribution in [0.5, 0.6) is 0 Å². The Kier molecular flexibility index (Phi) is 5.19. The molecule has 2 rings (SSSR count). The maximum absolute atomic E-state index is 12.4. The molecule has 1 atom stereocenters. The first kappa shape index (κ1) is 16.5. The summed E-state index contributed by atoms with van der Waals surface area (Å²) in [7, 11) is 0. The van der Waals surface area contributed by atoms with Gasteiger partial charge in [-0.1, -0.05) is 26.0 Å². The summed E-state index contributed by atoms with van der Waals surface area (Å²) in [5.74, 6) is -0.294. The van der Waals surface area contributed by atoms with E-state index in [4.69, 9.17) is 5.11 Å². The molecule has 0 spiro atoms. The molecule has 22 heavy (non-hydrogen) atoms. The van der Waals surface area contributed by atoms with Gasteiger partial charge in [-0.2, -0.15) is 0 Å². The first-order valence-corrected chi connectivity index (χ1v) is 7.73. The van der Waals surface area contributed by atoms with Crippen LogP contribution in [0.3, 0.4) is 0 Å². The minimum absolute atomic E-state index is 0.161. The van der Waals surface area contributed by atoms with Crippen LogP contribution in [-0.4, -0.2) is 52.5 Å². The van der Waals surface area contributed by atoms with E-state index in [2.05, 4.69) is 18.7 Å². The fraction of sp³-hybridized carbons (Fsp3) is 0.529. The van der Waals surface area contributed by atoms with Gasteiger partial charge in [-0.25, -0.2) is 4.79 Å². The molecule has 0 aliphatic carbocycles. The maximum Gasteiger partial charge on any atom is 0.335 e. The number of hydrogen-bond acceptors (Lipinski definition) is 3. The summed E-state index contributed by atoms with van der Waals surface area (Å²) in [5, 5.41) is 9.05. The van der Waals surface area contributed by atoms with Crippen LogP contribution in [0.15, 0.2) is 24.3 Å². The zero-order chi connectivity index (χ0) is 16.3. The molecule has 1 aromatic carbocycles. The van der Waals surface area contributed by atoms with Crippen molar-refractivity contribution in [2.75, 3.05) is 19.6 Å². The summed E-state index contributed by atoms with van der Waals surface area (Å²) in [6.45, 7) is 9.10. The molecule has 1 fully saturated rings. The van der Waals surface area contributed by atoms with E-state index in [1.54, 1.807) is 18.2 Å². The molecule has 120 valence electrons. The average Bonchev–Trinajstić information content (AvgIpc) is 2.47. The van der Waals surface area contributed by atoms with E-state index in [0.29, 0.717) is 12.5 Å². The Hall–Kier alpha value is -1.88. The summed E-state index contributed by atoms with van der Waals surface area (Å²) in [5.41, 5.74) is 1.21. The van der Waals surface area contributed by atoms with Crippen molar-refractivity contribution in [3.8, 4) is 0 Å². The maximum atomic E-state index is 12.4. The molecule has 1 saturated heterocycles. The molecular weight excluding hydrogens is 280 g/mol. The third-order valence-corrected chi connectivity index (χ3v) is 4.02. The topological polar surface area (TPSA) is 60.9 Å². The predicted octanol–water partition coefficient (Wildman–Crippen LogP) is 2.07. The minimum Gasteiger partial charge on any atom is -0.478 e. The average molecular weight is 304 g/mol. The second kappa shape index (κ2) is 6.92. The van der Waals surface area contributed by atoms with E-state index in [-0.39, 0.29) is 17.5 Å². The summed E-state index contributed by atoms with van der Waals surface area (Å²) < 4.78 is 0. The molecule has 1 amide bonds. The van der Waals surface area contributed by atoms with Crippen molar-refractivity contribution in [1.82, 2.24) is 9.80 Å². The van der Waals surface area contributed by atoms with Gasteiger partial charge in [-0.3, -0.25) is 9.69 Å². The first-order valence-electron chi connectivity index (χ1n) is 7.73. The minimum atomic E-state index is -0.923. The van der Waals surface area contributed by atoms with Crippen LogP contribution in [0.25, 0.3) is 0 Å². The Bertz CT molecular complexity index is 557. The zero-order valence-corrected chi connectivity index (χ0v) is 13.5. The van der Waals surface area contributed by atoms with Crippen LogP contribution in [0.4, 0.5) is 0 Å². The Morgan fingerprint density at radius 2 is 2.09 bits per heavy atom. The van der Waals surface area contributed by atoms with Gasteiger partial charge >= 0.3 is 5.97 Å². The highest BCUT2D eigenvalue weighted by Gasteiger charge is 2.31. The van der Waals surface area contributed by atoms with Crippen molar-refractivity contribution in [2.45, 2.75) is 33.4 Å². The van der Waals surface area contributed by atoms with Gasteiger partial charge in [-0.05, 0) is 30.5 Å². The molecule has 1 aliphatic heterocycles. The molecule has 0 aromatic heterocycles. The first-order chi connectivity index (χ1) is 10.4. The van der Waals surface area contributed by atoms with Gasteiger partial charge in [0.2, 0.25) is 5.91 Å². The number of hydrogen-bond donors (Lipinski definition) is 1. The number of rotatable bonds is 5. The molecule has 1 heterocycles. The molecule has 0 saturated carbocycles.